The molecule has 4 heterocycles. The topological polar surface area (TPSA) is 101 Å². The van der Waals surface area contributed by atoms with Gasteiger partial charge in [0.05, 0.1) is 33.4 Å². The second-order valence-electron chi connectivity index (χ2n) is 12.0. The van der Waals surface area contributed by atoms with E-state index < -0.39 is 23.5 Å². The second kappa shape index (κ2) is 12.6. The number of carbonyl (C=O) groups is 2. The van der Waals surface area contributed by atoms with Crippen molar-refractivity contribution in [3.63, 3.8) is 0 Å². The lowest BCUT2D eigenvalue weighted by molar-refractivity contribution is -0.0464. The van der Waals surface area contributed by atoms with Gasteiger partial charge in [-0.15, -0.1) is 21.5 Å². The minimum atomic E-state index is -2.63. The molecule has 2 aliphatic rings. The van der Waals surface area contributed by atoms with E-state index in [-0.39, 0.29) is 43.1 Å². The summed E-state index contributed by atoms with van der Waals surface area (Å²) in [6.45, 7) is 3.62. The largest absolute Gasteiger partial charge is 0.421 e. The van der Waals surface area contributed by atoms with E-state index in [0.29, 0.717) is 81.4 Å². The van der Waals surface area contributed by atoms with Crippen LogP contribution in [0.1, 0.15) is 94.4 Å². The van der Waals surface area contributed by atoms with Crippen LogP contribution in [0.5, 0.6) is 0 Å². The van der Waals surface area contributed by atoms with Crippen molar-refractivity contribution in [2.45, 2.75) is 77.3 Å². The average molecular weight is 656 g/mol. The van der Waals surface area contributed by atoms with Crippen LogP contribution in [-0.4, -0.2) is 44.9 Å². The number of aromatic nitrogens is 3. The Bertz CT molecular complexity index is 1800. The highest BCUT2D eigenvalue weighted by atomic mass is 32.1. The molecule has 242 valence electrons. The number of thiophene rings is 1. The summed E-state index contributed by atoms with van der Waals surface area (Å²) in [7, 11) is 1.73. The molecule has 1 atom stereocenters. The molecule has 1 N–H and O–H groups in total. The fourth-order valence-corrected chi connectivity index (χ4v) is 7.36. The molecule has 3 aromatic heterocycles. The number of hydrogen-bond donors (Lipinski definition) is 1. The fraction of sp³-hybridized carbons (Fsp3) is 0.424. The summed E-state index contributed by atoms with van der Waals surface area (Å²) in [5.74, 6) is -4.64. The first-order chi connectivity index (χ1) is 22.0. The van der Waals surface area contributed by atoms with Gasteiger partial charge in [-0.25, -0.2) is 17.6 Å². The number of pyridine rings is 1. The molecule has 1 aromatic carbocycles. The number of hydrogen-bond acceptors (Lipinski definition) is 7. The summed E-state index contributed by atoms with van der Waals surface area (Å²) in [6, 6.07) is 6.54. The molecule has 1 fully saturated rings. The lowest BCUT2D eigenvalue weighted by Gasteiger charge is -2.28. The van der Waals surface area contributed by atoms with E-state index in [1.807, 2.05) is 6.92 Å². The first-order valence-corrected chi connectivity index (χ1v) is 16.1. The summed E-state index contributed by atoms with van der Waals surface area (Å²) in [4.78, 5) is 34.6. The van der Waals surface area contributed by atoms with Crippen molar-refractivity contribution in [1.82, 2.24) is 25.4 Å². The zero-order chi connectivity index (χ0) is 32.7. The minimum Gasteiger partial charge on any atom is -0.421 e. The van der Waals surface area contributed by atoms with Crippen LogP contribution >= 0.6 is 11.3 Å². The first kappa shape index (κ1) is 31.8. The maximum absolute atomic E-state index is 13.9. The molecule has 0 saturated heterocycles. The molecule has 0 radical (unpaired) electrons. The van der Waals surface area contributed by atoms with Crippen molar-refractivity contribution in [1.29, 1.82) is 0 Å². The van der Waals surface area contributed by atoms with E-state index in [9.17, 15) is 27.2 Å². The highest BCUT2D eigenvalue weighted by Crippen LogP contribution is 2.47. The van der Waals surface area contributed by atoms with E-state index in [4.69, 9.17) is 9.40 Å². The summed E-state index contributed by atoms with van der Waals surface area (Å²) >= 11 is 1.17. The Morgan fingerprint density at radius 3 is 2.52 bits per heavy atom. The Morgan fingerprint density at radius 2 is 1.85 bits per heavy atom. The Hall–Kier alpha value is -4.13. The number of aryl methyl sites for hydroxylation is 2. The van der Waals surface area contributed by atoms with Crippen molar-refractivity contribution in [3.8, 4) is 21.9 Å². The average Bonchev–Trinajstić information content (AvgIpc) is 3.75. The quantitative estimate of drug-likeness (QED) is 0.186. The van der Waals surface area contributed by atoms with Crippen LogP contribution < -0.4 is 5.32 Å². The van der Waals surface area contributed by atoms with E-state index in [1.165, 1.54) is 17.4 Å². The lowest BCUT2D eigenvalue weighted by Crippen LogP contribution is -2.24. The predicted molar refractivity (Wildman–Crippen MR) is 163 cm³/mol. The van der Waals surface area contributed by atoms with Crippen molar-refractivity contribution in [3.05, 3.63) is 75.2 Å². The number of amides is 2. The Kier molecular flexibility index (Phi) is 8.70. The number of rotatable bonds is 9. The number of nitrogens with one attached hydrogen (secondary N) is 1. The van der Waals surface area contributed by atoms with Crippen LogP contribution in [0, 0.1) is 24.5 Å². The molecule has 1 unspecified atom stereocenters. The fourth-order valence-electron chi connectivity index (χ4n) is 6.38. The first-order valence-electron chi connectivity index (χ1n) is 15.3. The van der Waals surface area contributed by atoms with Gasteiger partial charge in [0.1, 0.15) is 0 Å². The molecule has 1 saturated carbocycles. The molecule has 13 heteroatoms. The molecular weight excluding hydrogens is 622 g/mol. The molecular formula is C33H33F4N5O3S. The number of carbonyl (C=O) groups excluding carboxylic acids is 2. The highest BCUT2D eigenvalue weighted by Gasteiger charge is 2.41. The standard InChI is InChI=1S/C33H33F4N5O3S/c1-4-23-29-28(32(44)42(23)3)27(24-9-10-25(46-24)30(43)38-16-19-5-7-20(34)21(35)15-19)26(31-41-40-17(2)45-31)22(39-29)8-6-18-11-13-33(36,37)14-12-18/h5,7,9-10,15,18,23H,4,6,8,11-14,16H2,1-3H3,(H,38,43). The Labute approximate surface area is 267 Å². The smallest absolute Gasteiger partial charge is 0.261 e. The summed E-state index contributed by atoms with van der Waals surface area (Å²) < 4.78 is 60.7. The molecule has 0 spiro atoms. The number of benzene rings is 1. The van der Waals surface area contributed by atoms with Gasteiger partial charge in [-0.05, 0) is 67.9 Å². The minimum absolute atomic E-state index is 0.0147. The Balaban J connectivity index is 1.40. The SMILES string of the molecule is CCC1c2nc(CCC3CCC(F)(F)CC3)c(-c3nnc(C)o3)c(-c3ccc(C(=O)NCc4ccc(F)c(F)c4)s3)c2C(=O)N1C. The van der Waals surface area contributed by atoms with Gasteiger partial charge in [0.25, 0.3) is 11.8 Å². The monoisotopic (exact) mass is 655 g/mol. The van der Waals surface area contributed by atoms with E-state index in [0.717, 1.165) is 12.1 Å². The third kappa shape index (κ3) is 6.16. The third-order valence-corrected chi connectivity index (χ3v) is 9.98. The molecule has 1 aliphatic carbocycles. The van der Waals surface area contributed by atoms with E-state index in [2.05, 4.69) is 15.5 Å². The van der Waals surface area contributed by atoms with E-state index >= 15 is 0 Å². The Morgan fingerprint density at radius 1 is 1.09 bits per heavy atom. The van der Waals surface area contributed by atoms with Crippen LogP contribution in [0.2, 0.25) is 0 Å². The summed E-state index contributed by atoms with van der Waals surface area (Å²) in [5, 5.41) is 11.1. The zero-order valence-corrected chi connectivity index (χ0v) is 26.4. The van der Waals surface area contributed by atoms with Crippen molar-refractivity contribution in [2.24, 2.45) is 5.92 Å². The van der Waals surface area contributed by atoms with Crippen molar-refractivity contribution in [2.75, 3.05) is 7.05 Å². The molecule has 8 nitrogen and oxygen atoms in total. The van der Waals surface area contributed by atoms with Gasteiger partial charge in [0.15, 0.2) is 11.6 Å². The maximum Gasteiger partial charge on any atom is 0.261 e. The van der Waals surface area contributed by atoms with Gasteiger partial charge < -0.3 is 14.6 Å². The van der Waals surface area contributed by atoms with Gasteiger partial charge in [-0.3, -0.25) is 14.6 Å². The lowest BCUT2D eigenvalue weighted by atomic mass is 9.83. The number of halogens is 4. The number of fused-ring (bicyclic) bond motifs is 1. The summed E-state index contributed by atoms with van der Waals surface area (Å²) in [5.41, 5.74) is 3.08. The molecule has 0 bridgehead atoms. The van der Waals surface area contributed by atoms with Gasteiger partial charge >= 0.3 is 0 Å². The van der Waals surface area contributed by atoms with E-state index in [1.54, 1.807) is 31.0 Å². The van der Waals surface area contributed by atoms with Gasteiger partial charge in [0.2, 0.25) is 17.7 Å². The second-order valence-corrected chi connectivity index (χ2v) is 13.1. The van der Waals surface area contributed by atoms with Crippen LogP contribution in [0.25, 0.3) is 21.9 Å². The zero-order valence-electron chi connectivity index (χ0n) is 25.6. The molecule has 1 aliphatic heterocycles. The highest BCUT2D eigenvalue weighted by molar-refractivity contribution is 7.17. The van der Waals surface area contributed by atoms with Gasteiger partial charge in [0, 0.05) is 43.8 Å². The van der Waals surface area contributed by atoms with Gasteiger partial charge in [-0.1, -0.05) is 13.0 Å². The molecule has 2 amide bonds. The normalized spacial score (nSPS) is 17.8. The van der Waals surface area contributed by atoms with Gasteiger partial charge in [-0.2, -0.15) is 0 Å². The predicted octanol–water partition coefficient (Wildman–Crippen LogP) is 7.67. The van der Waals surface area contributed by atoms with Crippen LogP contribution in [0.3, 0.4) is 0 Å². The summed E-state index contributed by atoms with van der Waals surface area (Å²) in [6.07, 6.45) is 2.28. The van der Waals surface area contributed by atoms with Crippen LogP contribution in [0.15, 0.2) is 34.7 Å². The van der Waals surface area contributed by atoms with Crippen LogP contribution in [-0.2, 0) is 13.0 Å². The molecule has 46 heavy (non-hydrogen) atoms. The van der Waals surface area contributed by atoms with Crippen molar-refractivity contribution < 1.29 is 31.6 Å². The number of alkyl halides is 2. The molecule has 4 aromatic rings. The van der Waals surface area contributed by atoms with Crippen molar-refractivity contribution >= 4 is 23.2 Å². The van der Waals surface area contributed by atoms with Crippen LogP contribution in [0.4, 0.5) is 17.6 Å². The molecule has 6 rings (SSSR count). The third-order valence-electron chi connectivity index (χ3n) is 8.88. The number of nitrogens with zero attached hydrogens (tertiary/aromatic N) is 4. The maximum atomic E-state index is 13.9.